The molecule has 1 aliphatic rings. The number of hydrogen-bond donors (Lipinski definition) is 1. The van der Waals surface area contributed by atoms with Crippen LogP contribution < -0.4 is 10.1 Å². The molecule has 1 heterocycles. The lowest BCUT2D eigenvalue weighted by molar-refractivity contribution is -0.142. The van der Waals surface area contributed by atoms with Gasteiger partial charge >= 0.3 is 6.18 Å². The van der Waals surface area contributed by atoms with Crippen molar-refractivity contribution in [2.75, 3.05) is 12.4 Å². The maximum Gasteiger partial charge on any atom is 0.435 e. The highest BCUT2D eigenvalue weighted by Gasteiger charge is 2.39. The Morgan fingerprint density at radius 1 is 1.30 bits per heavy atom. The van der Waals surface area contributed by atoms with Crippen molar-refractivity contribution in [3.8, 4) is 5.75 Å². The summed E-state index contributed by atoms with van der Waals surface area (Å²) in [6.45, 7) is -0.290. The van der Waals surface area contributed by atoms with E-state index in [1.54, 1.807) is 12.1 Å². The van der Waals surface area contributed by atoms with E-state index in [1.807, 2.05) is 0 Å². The van der Waals surface area contributed by atoms with E-state index in [0.29, 0.717) is 41.4 Å². The SMILES string of the molecule is COc1ccc(NC(=O)Cn2nc(C(F)(F)F)c3c2CCCCC3)cc1Cl. The van der Waals surface area contributed by atoms with Crippen LogP contribution in [-0.2, 0) is 30.4 Å². The Morgan fingerprint density at radius 3 is 2.70 bits per heavy atom. The zero-order valence-electron chi connectivity index (χ0n) is 14.7. The van der Waals surface area contributed by atoms with Gasteiger partial charge < -0.3 is 10.1 Å². The number of halogens is 4. The number of amides is 1. The first kappa shape index (κ1) is 19.5. The van der Waals surface area contributed by atoms with Gasteiger partial charge in [-0.1, -0.05) is 18.0 Å². The first-order valence-electron chi connectivity index (χ1n) is 8.58. The minimum Gasteiger partial charge on any atom is -0.495 e. The molecule has 0 fully saturated rings. The third-order valence-corrected chi connectivity index (χ3v) is 4.80. The molecule has 146 valence electrons. The van der Waals surface area contributed by atoms with Crippen LogP contribution in [0.3, 0.4) is 0 Å². The van der Waals surface area contributed by atoms with Gasteiger partial charge in [0, 0.05) is 16.9 Å². The van der Waals surface area contributed by atoms with Gasteiger partial charge in [0.15, 0.2) is 5.69 Å². The summed E-state index contributed by atoms with van der Waals surface area (Å²) < 4.78 is 46.2. The fourth-order valence-corrected chi connectivity index (χ4v) is 3.54. The van der Waals surface area contributed by atoms with E-state index >= 15 is 0 Å². The van der Waals surface area contributed by atoms with Gasteiger partial charge in [-0.2, -0.15) is 18.3 Å². The van der Waals surface area contributed by atoms with Gasteiger partial charge in [-0.25, -0.2) is 0 Å². The number of methoxy groups -OCH3 is 1. The summed E-state index contributed by atoms with van der Waals surface area (Å²) in [6, 6.07) is 4.72. The molecule has 5 nitrogen and oxygen atoms in total. The highest BCUT2D eigenvalue weighted by Crippen LogP contribution is 2.35. The molecule has 1 aliphatic carbocycles. The Kier molecular flexibility index (Phi) is 5.64. The molecule has 0 unspecified atom stereocenters. The molecule has 1 amide bonds. The maximum absolute atomic E-state index is 13.3. The van der Waals surface area contributed by atoms with Crippen LogP contribution in [0.25, 0.3) is 0 Å². The summed E-state index contributed by atoms with van der Waals surface area (Å²) in [6.07, 6.45) is -1.37. The Morgan fingerprint density at radius 2 is 2.04 bits per heavy atom. The Balaban J connectivity index is 1.81. The van der Waals surface area contributed by atoms with Crippen molar-refractivity contribution in [3.05, 3.63) is 40.2 Å². The molecule has 0 aliphatic heterocycles. The molecule has 0 atom stereocenters. The molecule has 0 bridgehead atoms. The molecule has 0 spiro atoms. The van der Waals surface area contributed by atoms with Gasteiger partial charge in [0.2, 0.25) is 5.91 Å². The Bertz CT molecular complexity index is 849. The van der Waals surface area contributed by atoms with E-state index in [4.69, 9.17) is 16.3 Å². The number of rotatable bonds is 4. The molecule has 1 N–H and O–H groups in total. The predicted octanol–water partition coefficient (Wildman–Crippen LogP) is 4.47. The second-order valence-corrected chi connectivity index (χ2v) is 6.79. The van der Waals surface area contributed by atoms with Gasteiger partial charge in [0.05, 0.1) is 12.1 Å². The zero-order chi connectivity index (χ0) is 19.6. The van der Waals surface area contributed by atoms with Gasteiger partial charge in [-0.15, -0.1) is 0 Å². The predicted molar refractivity (Wildman–Crippen MR) is 95.1 cm³/mol. The van der Waals surface area contributed by atoms with E-state index in [9.17, 15) is 18.0 Å². The van der Waals surface area contributed by atoms with Crippen molar-refractivity contribution < 1.29 is 22.7 Å². The van der Waals surface area contributed by atoms with Crippen molar-refractivity contribution in [3.63, 3.8) is 0 Å². The fourth-order valence-electron chi connectivity index (χ4n) is 3.29. The number of benzene rings is 1. The topological polar surface area (TPSA) is 56.1 Å². The standard InChI is InChI=1S/C18H19ClF3N3O2/c1-27-15-8-7-11(9-13(15)19)23-16(26)10-25-14-6-4-2-3-5-12(14)17(24-25)18(20,21)22/h7-9H,2-6,10H2,1H3,(H,23,26). The van der Waals surface area contributed by atoms with Gasteiger partial charge in [0.25, 0.3) is 0 Å². The van der Waals surface area contributed by atoms with Crippen molar-refractivity contribution in [1.82, 2.24) is 9.78 Å². The zero-order valence-corrected chi connectivity index (χ0v) is 15.5. The van der Waals surface area contributed by atoms with Crippen LogP contribution >= 0.6 is 11.6 Å². The Labute approximate surface area is 159 Å². The van der Waals surface area contributed by atoms with Gasteiger partial charge in [-0.05, 0) is 43.9 Å². The lowest BCUT2D eigenvalue weighted by atomic mass is 10.1. The molecule has 0 saturated heterocycles. The van der Waals surface area contributed by atoms with E-state index in [2.05, 4.69) is 10.4 Å². The second kappa shape index (κ2) is 7.80. The van der Waals surface area contributed by atoms with Crippen LogP contribution in [0.2, 0.25) is 5.02 Å². The summed E-state index contributed by atoms with van der Waals surface area (Å²) in [5.74, 6) is -0.0126. The summed E-state index contributed by atoms with van der Waals surface area (Å²) in [5.41, 5.74) is 0.280. The summed E-state index contributed by atoms with van der Waals surface area (Å²) in [5, 5.41) is 6.67. The molecular weight excluding hydrogens is 383 g/mol. The van der Waals surface area contributed by atoms with Crippen molar-refractivity contribution in [1.29, 1.82) is 0 Å². The van der Waals surface area contributed by atoms with Crippen LogP contribution in [0.4, 0.5) is 18.9 Å². The average Bonchev–Trinajstić information content (AvgIpc) is 2.77. The van der Waals surface area contributed by atoms with E-state index in [1.165, 1.54) is 17.9 Å². The fraction of sp³-hybridized carbons (Fsp3) is 0.444. The molecule has 0 radical (unpaired) electrons. The summed E-state index contributed by atoms with van der Waals surface area (Å²) in [4.78, 5) is 12.4. The van der Waals surface area contributed by atoms with Crippen LogP contribution in [0, 0.1) is 0 Å². The van der Waals surface area contributed by atoms with Crippen LogP contribution in [-0.4, -0.2) is 22.8 Å². The number of carbonyl (C=O) groups is 1. The largest absolute Gasteiger partial charge is 0.495 e. The number of hydrogen-bond acceptors (Lipinski definition) is 3. The van der Waals surface area contributed by atoms with Crippen molar-refractivity contribution >= 4 is 23.2 Å². The Hall–Kier alpha value is -2.22. The molecule has 3 rings (SSSR count). The molecule has 27 heavy (non-hydrogen) atoms. The molecule has 9 heteroatoms. The lowest BCUT2D eigenvalue weighted by Crippen LogP contribution is -2.21. The number of anilines is 1. The molecule has 1 aromatic carbocycles. The van der Waals surface area contributed by atoms with Crippen LogP contribution in [0.5, 0.6) is 5.75 Å². The normalized spacial score (nSPS) is 14.4. The van der Waals surface area contributed by atoms with E-state index in [0.717, 1.165) is 12.8 Å². The first-order chi connectivity index (χ1) is 12.8. The number of carbonyl (C=O) groups excluding carboxylic acids is 1. The number of nitrogens with zero attached hydrogens (tertiary/aromatic N) is 2. The number of alkyl halides is 3. The van der Waals surface area contributed by atoms with Crippen molar-refractivity contribution in [2.45, 2.75) is 44.8 Å². The van der Waals surface area contributed by atoms with Crippen LogP contribution in [0.1, 0.15) is 36.2 Å². The quantitative estimate of drug-likeness (QED) is 0.769. The number of aromatic nitrogens is 2. The first-order valence-corrected chi connectivity index (χ1v) is 8.96. The van der Waals surface area contributed by atoms with E-state index in [-0.39, 0.29) is 12.1 Å². The highest BCUT2D eigenvalue weighted by atomic mass is 35.5. The molecule has 2 aromatic rings. The summed E-state index contributed by atoms with van der Waals surface area (Å²) in [7, 11) is 1.47. The number of fused-ring (bicyclic) bond motifs is 1. The molecular formula is C18H19ClF3N3O2. The van der Waals surface area contributed by atoms with Crippen LogP contribution in [0.15, 0.2) is 18.2 Å². The second-order valence-electron chi connectivity index (χ2n) is 6.39. The third-order valence-electron chi connectivity index (χ3n) is 4.50. The molecule has 1 aromatic heterocycles. The number of ether oxygens (including phenoxy) is 1. The average molecular weight is 402 g/mol. The minimum atomic E-state index is -4.53. The van der Waals surface area contributed by atoms with Gasteiger partial charge in [-0.3, -0.25) is 9.48 Å². The monoisotopic (exact) mass is 401 g/mol. The smallest absolute Gasteiger partial charge is 0.435 e. The van der Waals surface area contributed by atoms with Crippen molar-refractivity contribution in [2.24, 2.45) is 0 Å². The lowest BCUT2D eigenvalue weighted by Gasteiger charge is -2.10. The number of nitrogens with one attached hydrogen (secondary N) is 1. The van der Waals surface area contributed by atoms with E-state index < -0.39 is 17.8 Å². The molecule has 0 saturated carbocycles. The van der Waals surface area contributed by atoms with Gasteiger partial charge in [0.1, 0.15) is 12.3 Å². The third kappa shape index (κ3) is 4.37. The minimum absolute atomic E-state index is 0.222. The maximum atomic E-state index is 13.3. The summed E-state index contributed by atoms with van der Waals surface area (Å²) >= 11 is 6.02. The highest BCUT2D eigenvalue weighted by molar-refractivity contribution is 6.32.